The molecule has 1 aliphatic heterocycles. The molecule has 20 heavy (non-hydrogen) atoms. The summed E-state index contributed by atoms with van der Waals surface area (Å²) >= 11 is 0. The maximum Gasteiger partial charge on any atom is 0.179 e. The Labute approximate surface area is 120 Å². The fourth-order valence-corrected chi connectivity index (χ4v) is 3.48. The number of sulfone groups is 1. The topological polar surface area (TPSA) is 64.6 Å². The van der Waals surface area contributed by atoms with E-state index in [0.717, 1.165) is 24.9 Å². The summed E-state index contributed by atoms with van der Waals surface area (Å²) in [7, 11) is -0.343. The largest absolute Gasteiger partial charge is 0.493 e. The summed E-state index contributed by atoms with van der Waals surface area (Å²) in [5.41, 5.74) is 0.969. The predicted molar refractivity (Wildman–Crippen MR) is 77.4 cm³/mol. The summed E-state index contributed by atoms with van der Waals surface area (Å²) in [5.74, 6) is 0.814. The van der Waals surface area contributed by atoms with E-state index in [0.29, 0.717) is 17.5 Å². The summed E-state index contributed by atoms with van der Waals surface area (Å²) in [6, 6.07) is 3.83. The highest BCUT2D eigenvalue weighted by Gasteiger charge is 2.23. The molecule has 2 rings (SSSR count). The Bertz CT molecular complexity index is 577. The van der Waals surface area contributed by atoms with Crippen molar-refractivity contribution in [3.63, 3.8) is 0 Å². The second kappa shape index (κ2) is 6.01. The number of ether oxygens (including phenoxy) is 2. The van der Waals surface area contributed by atoms with Gasteiger partial charge < -0.3 is 14.8 Å². The van der Waals surface area contributed by atoms with Crippen LogP contribution in [0.15, 0.2) is 17.0 Å². The van der Waals surface area contributed by atoms with Crippen LogP contribution in [0, 0.1) is 0 Å². The molecule has 1 unspecified atom stereocenters. The molecule has 0 amide bonds. The van der Waals surface area contributed by atoms with E-state index in [1.54, 1.807) is 6.07 Å². The van der Waals surface area contributed by atoms with Gasteiger partial charge in [0.1, 0.15) is 4.90 Å². The standard InChI is InChI=1S/C14H21NO4S/c1-18-13-10(9-11-5-4-8-15-11)6-7-12(14(13)19-2)20(3,16)17/h6-7,11,15H,4-5,8-9H2,1-3H3. The van der Waals surface area contributed by atoms with Gasteiger partial charge in [0.15, 0.2) is 21.3 Å². The molecular formula is C14H21NO4S. The molecule has 0 radical (unpaired) electrons. The predicted octanol–water partition coefficient (Wildman–Crippen LogP) is 1.40. The number of rotatable bonds is 5. The van der Waals surface area contributed by atoms with Crippen molar-refractivity contribution in [2.45, 2.75) is 30.2 Å². The molecular weight excluding hydrogens is 278 g/mol. The van der Waals surface area contributed by atoms with Gasteiger partial charge in [0.2, 0.25) is 0 Å². The minimum Gasteiger partial charge on any atom is -0.493 e. The van der Waals surface area contributed by atoms with Crippen LogP contribution in [-0.2, 0) is 16.3 Å². The number of methoxy groups -OCH3 is 2. The van der Waals surface area contributed by atoms with Crippen molar-refractivity contribution in [3.05, 3.63) is 17.7 Å². The van der Waals surface area contributed by atoms with Crippen molar-refractivity contribution >= 4 is 9.84 Å². The Morgan fingerprint density at radius 1 is 1.25 bits per heavy atom. The molecule has 0 saturated carbocycles. The van der Waals surface area contributed by atoms with Crippen molar-refractivity contribution < 1.29 is 17.9 Å². The zero-order valence-electron chi connectivity index (χ0n) is 12.1. The Hall–Kier alpha value is -1.27. The van der Waals surface area contributed by atoms with E-state index < -0.39 is 9.84 Å². The second-order valence-corrected chi connectivity index (χ2v) is 7.04. The molecule has 0 spiro atoms. The van der Waals surface area contributed by atoms with Crippen LogP contribution in [0.1, 0.15) is 18.4 Å². The Kier molecular flexibility index (Phi) is 4.55. The van der Waals surface area contributed by atoms with Gasteiger partial charge in [0.05, 0.1) is 14.2 Å². The van der Waals surface area contributed by atoms with Crippen molar-refractivity contribution in [2.75, 3.05) is 27.0 Å². The summed E-state index contributed by atoms with van der Waals surface area (Å²) in [5, 5.41) is 3.42. The third-order valence-electron chi connectivity index (χ3n) is 3.59. The molecule has 1 aliphatic rings. The van der Waals surface area contributed by atoms with E-state index in [2.05, 4.69) is 5.32 Å². The summed E-state index contributed by atoms with van der Waals surface area (Å²) in [6.07, 6.45) is 4.27. The van der Waals surface area contributed by atoms with Crippen molar-refractivity contribution in [2.24, 2.45) is 0 Å². The molecule has 0 aromatic heterocycles. The minimum absolute atomic E-state index is 0.167. The summed E-state index contributed by atoms with van der Waals surface area (Å²) < 4.78 is 34.2. The average molecular weight is 299 g/mol. The third kappa shape index (κ3) is 3.07. The van der Waals surface area contributed by atoms with Gasteiger partial charge in [-0.05, 0) is 37.4 Å². The van der Waals surface area contributed by atoms with Gasteiger partial charge in [-0.25, -0.2) is 8.42 Å². The third-order valence-corrected chi connectivity index (χ3v) is 4.71. The molecule has 1 fully saturated rings. The smallest absolute Gasteiger partial charge is 0.179 e. The highest BCUT2D eigenvalue weighted by Crippen LogP contribution is 2.38. The first-order valence-electron chi connectivity index (χ1n) is 6.64. The van der Waals surface area contributed by atoms with Crippen LogP contribution in [0.4, 0.5) is 0 Å². The highest BCUT2D eigenvalue weighted by atomic mass is 32.2. The Morgan fingerprint density at radius 2 is 1.95 bits per heavy atom. The lowest BCUT2D eigenvalue weighted by atomic mass is 10.0. The van der Waals surface area contributed by atoms with Crippen LogP contribution in [0.5, 0.6) is 11.5 Å². The highest BCUT2D eigenvalue weighted by molar-refractivity contribution is 7.90. The SMILES string of the molecule is COc1c(CC2CCCN2)ccc(S(C)(=O)=O)c1OC. The van der Waals surface area contributed by atoms with Crippen LogP contribution in [0.3, 0.4) is 0 Å². The van der Waals surface area contributed by atoms with Gasteiger partial charge >= 0.3 is 0 Å². The van der Waals surface area contributed by atoms with Crippen LogP contribution < -0.4 is 14.8 Å². The molecule has 5 nitrogen and oxygen atoms in total. The molecule has 1 heterocycles. The van der Waals surface area contributed by atoms with E-state index in [1.165, 1.54) is 26.9 Å². The molecule has 1 aromatic rings. The second-order valence-electron chi connectivity index (χ2n) is 5.06. The zero-order chi connectivity index (χ0) is 14.8. The fourth-order valence-electron chi connectivity index (χ4n) is 2.65. The first kappa shape index (κ1) is 15.1. The van der Waals surface area contributed by atoms with E-state index in [4.69, 9.17) is 9.47 Å². The quantitative estimate of drug-likeness (QED) is 0.890. The molecule has 112 valence electrons. The minimum atomic E-state index is -3.34. The molecule has 1 atom stereocenters. The Morgan fingerprint density at radius 3 is 2.45 bits per heavy atom. The van der Waals surface area contributed by atoms with Gasteiger partial charge in [-0.15, -0.1) is 0 Å². The lowest BCUT2D eigenvalue weighted by Crippen LogP contribution is -2.24. The zero-order valence-corrected chi connectivity index (χ0v) is 12.9. The molecule has 0 bridgehead atoms. The van der Waals surface area contributed by atoms with Crippen LogP contribution in [-0.4, -0.2) is 41.5 Å². The van der Waals surface area contributed by atoms with E-state index in [-0.39, 0.29) is 4.90 Å². The summed E-state index contributed by atoms with van der Waals surface area (Å²) in [4.78, 5) is 0.167. The first-order chi connectivity index (χ1) is 9.47. The van der Waals surface area contributed by atoms with Crippen molar-refractivity contribution in [3.8, 4) is 11.5 Å². The van der Waals surface area contributed by atoms with Crippen molar-refractivity contribution in [1.82, 2.24) is 5.32 Å². The van der Waals surface area contributed by atoms with E-state index in [1.807, 2.05) is 6.07 Å². The maximum absolute atomic E-state index is 11.8. The van der Waals surface area contributed by atoms with Gasteiger partial charge in [-0.1, -0.05) is 6.07 Å². The summed E-state index contributed by atoms with van der Waals surface area (Å²) in [6.45, 7) is 1.03. The van der Waals surface area contributed by atoms with Crippen LogP contribution >= 0.6 is 0 Å². The van der Waals surface area contributed by atoms with Gasteiger partial charge in [0.25, 0.3) is 0 Å². The van der Waals surface area contributed by atoms with Crippen LogP contribution in [0.25, 0.3) is 0 Å². The molecule has 1 aromatic carbocycles. The van der Waals surface area contributed by atoms with E-state index in [9.17, 15) is 8.42 Å². The van der Waals surface area contributed by atoms with Gasteiger partial charge in [-0.2, -0.15) is 0 Å². The van der Waals surface area contributed by atoms with E-state index >= 15 is 0 Å². The maximum atomic E-state index is 11.8. The van der Waals surface area contributed by atoms with Crippen molar-refractivity contribution in [1.29, 1.82) is 0 Å². The number of hydrogen-bond acceptors (Lipinski definition) is 5. The molecule has 0 aliphatic carbocycles. The molecule has 1 saturated heterocycles. The average Bonchev–Trinajstić information content (AvgIpc) is 2.89. The Balaban J connectivity index is 2.43. The lowest BCUT2D eigenvalue weighted by molar-refractivity contribution is 0.342. The molecule has 6 heteroatoms. The number of benzene rings is 1. The fraction of sp³-hybridized carbons (Fsp3) is 0.571. The molecule has 1 N–H and O–H groups in total. The normalized spacial score (nSPS) is 19.1. The monoisotopic (exact) mass is 299 g/mol. The number of nitrogens with one attached hydrogen (secondary N) is 1. The first-order valence-corrected chi connectivity index (χ1v) is 8.53. The van der Waals surface area contributed by atoms with Gasteiger partial charge in [-0.3, -0.25) is 0 Å². The van der Waals surface area contributed by atoms with Gasteiger partial charge in [0, 0.05) is 12.3 Å². The van der Waals surface area contributed by atoms with Crippen LogP contribution in [0.2, 0.25) is 0 Å². The number of hydrogen-bond donors (Lipinski definition) is 1. The lowest BCUT2D eigenvalue weighted by Gasteiger charge is -2.18.